The normalized spacial score (nSPS) is 22.4. The van der Waals surface area contributed by atoms with Crippen LogP contribution < -0.4 is 10.1 Å². The molecule has 0 spiro atoms. The number of para-hydroxylation sites is 1. The van der Waals surface area contributed by atoms with E-state index < -0.39 is 0 Å². The lowest BCUT2D eigenvalue weighted by Gasteiger charge is -2.39. The minimum absolute atomic E-state index is 0.00137. The second-order valence-corrected chi connectivity index (χ2v) is 7.74. The lowest BCUT2D eigenvalue weighted by Crippen LogP contribution is -2.48. The van der Waals surface area contributed by atoms with Gasteiger partial charge in [-0.3, -0.25) is 5.10 Å². The number of nitrogens with one attached hydrogen (secondary N) is 2. The van der Waals surface area contributed by atoms with Gasteiger partial charge in [0.2, 0.25) is 0 Å². The molecule has 0 bridgehead atoms. The Hall–Kier alpha value is -2.57. The Morgan fingerprint density at radius 2 is 2.08 bits per heavy atom. The first-order valence-electron chi connectivity index (χ1n) is 9.20. The number of H-pyrrole nitrogens is 1. The number of aromatic amines is 1. The Morgan fingerprint density at radius 1 is 1.31 bits per heavy atom. The molecule has 1 aromatic heterocycles. The van der Waals surface area contributed by atoms with Gasteiger partial charge in [-0.1, -0.05) is 18.2 Å². The zero-order valence-corrected chi connectivity index (χ0v) is 15.2. The van der Waals surface area contributed by atoms with Gasteiger partial charge in [0.15, 0.2) is 0 Å². The van der Waals surface area contributed by atoms with Crippen LogP contribution in [0.3, 0.4) is 0 Å². The van der Waals surface area contributed by atoms with Crippen LogP contribution in [0.2, 0.25) is 0 Å². The third-order valence-electron chi connectivity index (χ3n) is 5.28. The fraction of sp³-hybridized carbons (Fsp3) is 0.526. The summed E-state index contributed by atoms with van der Waals surface area (Å²) in [5.74, 6) is 2.13. The Balaban J connectivity index is 1.41. The molecule has 1 aromatic carbocycles. The van der Waals surface area contributed by atoms with Crippen LogP contribution >= 0.6 is 0 Å². The van der Waals surface area contributed by atoms with E-state index in [-0.39, 0.29) is 17.7 Å². The smallest absolute Gasteiger partial charge is 0.317 e. The van der Waals surface area contributed by atoms with E-state index in [1.54, 1.807) is 6.33 Å². The number of carbonyl (C=O) groups excluding carboxylic acids is 1. The van der Waals surface area contributed by atoms with Gasteiger partial charge in [0, 0.05) is 31.0 Å². The molecule has 1 atom stereocenters. The molecule has 1 fully saturated rings. The summed E-state index contributed by atoms with van der Waals surface area (Å²) in [6.45, 7) is 5.58. The summed E-state index contributed by atoms with van der Waals surface area (Å²) in [4.78, 5) is 19.0. The van der Waals surface area contributed by atoms with E-state index in [0.717, 1.165) is 49.5 Å². The van der Waals surface area contributed by atoms with Gasteiger partial charge in [-0.05, 0) is 32.8 Å². The average molecular weight is 355 g/mol. The van der Waals surface area contributed by atoms with E-state index in [0.29, 0.717) is 5.92 Å². The highest BCUT2D eigenvalue weighted by molar-refractivity contribution is 5.75. The van der Waals surface area contributed by atoms with Gasteiger partial charge >= 0.3 is 6.03 Å². The predicted molar refractivity (Wildman–Crippen MR) is 97.0 cm³/mol. The number of urea groups is 1. The number of likely N-dealkylation sites (tertiary alicyclic amines) is 1. The minimum atomic E-state index is -0.300. The summed E-state index contributed by atoms with van der Waals surface area (Å²) >= 11 is 0. The molecular weight excluding hydrogens is 330 g/mol. The molecule has 2 amide bonds. The van der Waals surface area contributed by atoms with Crippen molar-refractivity contribution in [3.05, 3.63) is 42.0 Å². The van der Waals surface area contributed by atoms with Crippen molar-refractivity contribution in [3.8, 4) is 5.75 Å². The number of fused-ring (bicyclic) bond motifs is 1. The van der Waals surface area contributed by atoms with Crippen LogP contribution in [0.1, 0.15) is 56.5 Å². The third kappa shape index (κ3) is 3.38. The van der Waals surface area contributed by atoms with Crippen molar-refractivity contribution in [1.82, 2.24) is 25.4 Å². The highest BCUT2D eigenvalue weighted by Gasteiger charge is 2.35. The maximum absolute atomic E-state index is 12.8. The predicted octanol–water partition coefficient (Wildman–Crippen LogP) is 3.00. The lowest BCUT2D eigenvalue weighted by atomic mass is 9.89. The standard InChI is InChI=1S/C19H25N5O2/c1-19(2)11-15(14-5-3-4-6-16(14)26-19)22-18(25)24-9-7-13(8-10-24)17-20-12-21-23-17/h3-6,12-13,15H,7-11H2,1-2H3,(H,22,25)(H,20,21,23)/t15-/m0/s1. The van der Waals surface area contributed by atoms with E-state index in [1.807, 2.05) is 29.2 Å². The van der Waals surface area contributed by atoms with Gasteiger partial charge < -0.3 is 15.0 Å². The Bertz CT molecular complexity index is 766. The van der Waals surface area contributed by atoms with E-state index in [9.17, 15) is 4.79 Å². The molecule has 2 aliphatic heterocycles. The molecule has 26 heavy (non-hydrogen) atoms. The first-order chi connectivity index (χ1) is 12.5. The minimum Gasteiger partial charge on any atom is -0.487 e. The molecular formula is C19H25N5O2. The number of nitrogens with zero attached hydrogens (tertiary/aromatic N) is 3. The molecule has 0 saturated carbocycles. The SMILES string of the molecule is CC1(C)C[C@H](NC(=O)N2CCC(c3ncn[nH]3)CC2)c2ccccc2O1. The van der Waals surface area contributed by atoms with Crippen molar-refractivity contribution in [2.24, 2.45) is 0 Å². The molecule has 0 unspecified atom stereocenters. The molecule has 4 rings (SSSR count). The van der Waals surface area contributed by atoms with Crippen LogP contribution in [0.4, 0.5) is 4.79 Å². The van der Waals surface area contributed by atoms with Gasteiger partial charge in [-0.25, -0.2) is 9.78 Å². The first kappa shape index (κ1) is 16.9. The van der Waals surface area contributed by atoms with Crippen molar-refractivity contribution < 1.29 is 9.53 Å². The largest absolute Gasteiger partial charge is 0.487 e. The maximum atomic E-state index is 12.8. The summed E-state index contributed by atoms with van der Waals surface area (Å²) in [6, 6.07) is 7.92. The Labute approximate surface area is 153 Å². The molecule has 3 heterocycles. The summed E-state index contributed by atoms with van der Waals surface area (Å²) in [5.41, 5.74) is 0.753. The number of benzene rings is 1. The van der Waals surface area contributed by atoms with Crippen molar-refractivity contribution in [3.63, 3.8) is 0 Å². The first-order valence-corrected chi connectivity index (χ1v) is 9.20. The van der Waals surface area contributed by atoms with Crippen molar-refractivity contribution in [1.29, 1.82) is 0 Å². The number of ether oxygens (including phenoxy) is 1. The van der Waals surface area contributed by atoms with Gasteiger partial charge in [0.1, 0.15) is 23.5 Å². The van der Waals surface area contributed by atoms with Crippen LogP contribution in [0.5, 0.6) is 5.75 Å². The van der Waals surface area contributed by atoms with E-state index in [1.165, 1.54) is 0 Å². The summed E-state index contributed by atoms with van der Waals surface area (Å²) in [7, 11) is 0. The number of piperidine rings is 1. The Morgan fingerprint density at radius 3 is 2.81 bits per heavy atom. The number of rotatable bonds is 2. The molecule has 1 saturated heterocycles. The quantitative estimate of drug-likeness (QED) is 0.867. The molecule has 0 radical (unpaired) electrons. The summed E-state index contributed by atoms with van der Waals surface area (Å²) < 4.78 is 6.05. The monoisotopic (exact) mass is 355 g/mol. The summed E-state index contributed by atoms with van der Waals surface area (Å²) in [6.07, 6.45) is 4.10. The number of hydrogen-bond donors (Lipinski definition) is 2. The zero-order valence-electron chi connectivity index (χ0n) is 15.2. The lowest BCUT2D eigenvalue weighted by molar-refractivity contribution is 0.0661. The van der Waals surface area contributed by atoms with Crippen LogP contribution in [-0.4, -0.2) is 44.8 Å². The molecule has 2 aromatic rings. The van der Waals surface area contributed by atoms with E-state index >= 15 is 0 Å². The van der Waals surface area contributed by atoms with Crippen LogP contribution in [0, 0.1) is 0 Å². The average Bonchev–Trinajstić information content (AvgIpc) is 3.15. The number of hydrogen-bond acceptors (Lipinski definition) is 4. The fourth-order valence-corrected chi connectivity index (χ4v) is 3.94. The van der Waals surface area contributed by atoms with E-state index in [2.05, 4.69) is 34.3 Å². The van der Waals surface area contributed by atoms with Gasteiger partial charge in [-0.2, -0.15) is 5.10 Å². The van der Waals surface area contributed by atoms with Gasteiger partial charge in [0.05, 0.1) is 6.04 Å². The molecule has 2 aliphatic rings. The van der Waals surface area contributed by atoms with Crippen molar-refractivity contribution >= 4 is 6.03 Å². The molecule has 138 valence electrons. The molecule has 0 aliphatic carbocycles. The van der Waals surface area contributed by atoms with Crippen molar-refractivity contribution in [2.45, 2.75) is 50.7 Å². The maximum Gasteiger partial charge on any atom is 0.317 e. The third-order valence-corrected chi connectivity index (χ3v) is 5.28. The van der Waals surface area contributed by atoms with Crippen LogP contribution in [0.15, 0.2) is 30.6 Å². The second-order valence-electron chi connectivity index (χ2n) is 7.74. The van der Waals surface area contributed by atoms with Gasteiger partial charge in [-0.15, -0.1) is 0 Å². The number of aromatic nitrogens is 3. The number of carbonyl (C=O) groups is 1. The number of amides is 2. The van der Waals surface area contributed by atoms with E-state index in [4.69, 9.17) is 4.74 Å². The molecule has 2 N–H and O–H groups in total. The highest BCUT2D eigenvalue weighted by atomic mass is 16.5. The van der Waals surface area contributed by atoms with Crippen LogP contribution in [0.25, 0.3) is 0 Å². The Kier molecular flexibility index (Phi) is 4.30. The van der Waals surface area contributed by atoms with Crippen molar-refractivity contribution in [2.75, 3.05) is 13.1 Å². The highest BCUT2D eigenvalue weighted by Crippen LogP contribution is 2.39. The summed E-state index contributed by atoms with van der Waals surface area (Å²) in [5, 5.41) is 10.1. The fourth-order valence-electron chi connectivity index (χ4n) is 3.94. The second kappa shape index (κ2) is 6.63. The topological polar surface area (TPSA) is 83.1 Å². The molecule has 7 heteroatoms. The van der Waals surface area contributed by atoms with Gasteiger partial charge in [0.25, 0.3) is 0 Å². The zero-order chi connectivity index (χ0) is 18.1. The van der Waals surface area contributed by atoms with Crippen LogP contribution in [-0.2, 0) is 0 Å². The molecule has 7 nitrogen and oxygen atoms in total.